The summed E-state index contributed by atoms with van der Waals surface area (Å²) < 4.78 is 0. The van der Waals surface area contributed by atoms with E-state index in [0.29, 0.717) is 19.5 Å². The average molecular weight is 248 g/mol. The predicted molar refractivity (Wildman–Crippen MR) is 67.5 cm³/mol. The molecule has 0 saturated carbocycles. The van der Waals surface area contributed by atoms with Crippen LogP contribution in [-0.2, 0) is 4.79 Å². The van der Waals surface area contributed by atoms with Crippen LogP contribution in [-0.4, -0.2) is 24.0 Å². The molecule has 1 unspecified atom stereocenters. The summed E-state index contributed by atoms with van der Waals surface area (Å²) in [6.45, 7) is 2.83. The van der Waals surface area contributed by atoms with E-state index in [1.54, 1.807) is 12.4 Å². The van der Waals surface area contributed by atoms with Crippen LogP contribution >= 0.6 is 0 Å². The quantitative estimate of drug-likeness (QED) is 0.327. The monoisotopic (exact) mass is 248 g/mol. The molecular formula is C11H16N6O. The first-order valence-corrected chi connectivity index (χ1v) is 5.61. The van der Waals surface area contributed by atoms with Crippen molar-refractivity contribution in [3.05, 3.63) is 40.0 Å². The Hall–Kier alpha value is -2.11. The number of nitrogens with zero attached hydrogens (tertiary/aromatic N) is 4. The molecule has 1 heterocycles. The first-order valence-electron chi connectivity index (χ1n) is 5.61. The predicted octanol–water partition coefficient (Wildman–Crippen LogP) is 1.21. The highest BCUT2D eigenvalue weighted by Gasteiger charge is 2.18. The lowest BCUT2D eigenvalue weighted by atomic mass is 10.0. The molecule has 1 aromatic rings. The van der Waals surface area contributed by atoms with Gasteiger partial charge >= 0.3 is 0 Å². The molecule has 7 nitrogen and oxygen atoms in total. The zero-order valence-electron chi connectivity index (χ0n) is 10.2. The molecule has 1 aromatic heterocycles. The molecule has 0 aromatic carbocycles. The van der Waals surface area contributed by atoms with Crippen LogP contribution in [0.5, 0.6) is 0 Å². The van der Waals surface area contributed by atoms with Crippen LogP contribution in [0.25, 0.3) is 10.4 Å². The van der Waals surface area contributed by atoms with Gasteiger partial charge in [0.1, 0.15) is 6.04 Å². The summed E-state index contributed by atoms with van der Waals surface area (Å²) in [4.78, 5) is 18.1. The first kappa shape index (κ1) is 14.0. The molecule has 96 valence electrons. The zero-order valence-corrected chi connectivity index (χ0v) is 10.2. The second-order valence-electron chi connectivity index (χ2n) is 3.83. The van der Waals surface area contributed by atoms with Gasteiger partial charge in [0, 0.05) is 23.9 Å². The summed E-state index contributed by atoms with van der Waals surface area (Å²) in [5.41, 5.74) is 15.2. The summed E-state index contributed by atoms with van der Waals surface area (Å²) in [6.07, 6.45) is 3.94. The third-order valence-corrected chi connectivity index (χ3v) is 2.52. The van der Waals surface area contributed by atoms with E-state index in [4.69, 9.17) is 11.3 Å². The number of hydrogen-bond acceptors (Lipinski definition) is 4. The highest BCUT2D eigenvalue weighted by atomic mass is 16.1. The Morgan fingerprint density at radius 2 is 2.50 bits per heavy atom. The Bertz CT molecular complexity index is 455. The Kier molecular flexibility index (Phi) is 5.63. The van der Waals surface area contributed by atoms with Crippen molar-refractivity contribution in [2.45, 2.75) is 19.4 Å². The van der Waals surface area contributed by atoms with Crippen LogP contribution in [0.2, 0.25) is 0 Å². The van der Waals surface area contributed by atoms with Gasteiger partial charge in [-0.25, -0.2) is 0 Å². The molecule has 18 heavy (non-hydrogen) atoms. The van der Waals surface area contributed by atoms with E-state index in [-0.39, 0.29) is 0 Å². The smallest absolute Gasteiger partial charge is 0.239 e. The van der Waals surface area contributed by atoms with Crippen LogP contribution in [0, 0.1) is 6.92 Å². The number of primary amides is 1. The highest BCUT2D eigenvalue weighted by molar-refractivity contribution is 5.81. The number of nitrogens with two attached hydrogens (primary N) is 1. The number of carbonyl (C=O) groups is 1. The number of rotatable bonds is 7. The lowest BCUT2D eigenvalue weighted by molar-refractivity contribution is -0.120. The zero-order chi connectivity index (χ0) is 13.4. The maximum Gasteiger partial charge on any atom is 0.239 e. The van der Waals surface area contributed by atoms with Gasteiger partial charge in [-0.2, -0.15) is 0 Å². The van der Waals surface area contributed by atoms with Crippen molar-refractivity contribution in [1.29, 1.82) is 0 Å². The van der Waals surface area contributed by atoms with Crippen LogP contribution in [0.3, 0.4) is 0 Å². The summed E-state index contributed by atoms with van der Waals surface area (Å²) in [6, 6.07) is 1.26. The number of carbonyl (C=O) groups excluding carboxylic acids is 1. The van der Waals surface area contributed by atoms with E-state index in [1.165, 1.54) is 0 Å². The largest absolute Gasteiger partial charge is 0.368 e. The molecule has 1 rings (SSSR count). The normalized spacial score (nSPS) is 11.6. The van der Waals surface area contributed by atoms with Crippen molar-refractivity contribution in [2.75, 3.05) is 13.1 Å². The fourth-order valence-electron chi connectivity index (χ4n) is 1.58. The van der Waals surface area contributed by atoms with E-state index in [9.17, 15) is 4.79 Å². The number of hydrogen-bond donors (Lipinski definition) is 2. The number of amides is 1. The van der Waals surface area contributed by atoms with Crippen LogP contribution in [0.4, 0.5) is 0 Å². The molecule has 0 bridgehead atoms. The number of azide groups is 1. The number of aryl methyl sites for hydroxylation is 1. The molecular weight excluding hydrogens is 232 g/mol. The van der Waals surface area contributed by atoms with Gasteiger partial charge in [0.25, 0.3) is 0 Å². The minimum absolute atomic E-state index is 0.390. The summed E-state index contributed by atoms with van der Waals surface area (Å²) >= 11 is 0. The van der Waals surface area contributed by atoms with Gasteiger partial charge in [-0.3, -0.25) is 9.78 Å². The molecule has 0 aliphatic rings. The number of pyridine rings is 1. The van der Waals surface area contributed by atoms with Gasteiger partial charge in [0.15, 0.2) is 0 Å². The molecule has 1 atom stereocenters. The van der Waals surface area contributed by atoms with Gasteiger partial charge in [0.2, 0.25) is 5.91 Å². The topological polar surface area (TPSA) is 117 Å². The van der Waals surface area contributed by atoms with Gasteiger partial charge in [-0.1, -0.05) is 5.11 Å². The summed E-state index contributed by atoms with van der Waals surface area (Å²) in [5.74, 6) is -0.449. The second-order valence-corrected chi connectivity index (χ2v) is 3.83. The van der Waals surface area contributed by atoms with Crippen molar-refractivity contribution >= 4 is 5.91 Å². The standard InChI is InChI=1S/C11H16N6O/c1-8-3-6-14-7-9(8)10(11(12)18)15-4-2-5-16-17-13/h3,6-7,10,15H,2,4-5H2,1H3,(H2,12,18). The SMILES string of the molecule is Cc1ccncc1C(NCCCN=[N+]=[N-])C(N)=O. The molecule has 0 saturated heterocycles. The van der Waals surface area contributed by atoms with E-state index in [2.05, 4.69) is 20.3 Å². The van der Waals surface area contributed by atoms with Gasteiger partial charge in [-0.15, -0.1) is 0 Å². The molecule has 0 radical (unpaired) electrons. The van der Waals surface area contributed by atoms with E-state index >= 15 is 0 Å². The first-order chi connectivity index (χ1) is 8.66. The van der Waals surface area contributed by atoms with E-state index in [0.717, 1.165) is 11.1 Å². The molecule has 7 heteroatoms. The molecule has 0 fully saturated rings. The van der Waals surface area contributed by atoms with Crippen molar-refractivity contribution in [3.63, 3.8) is 0 Å². The Morgan fingerprint density at radius 3 is 3.11 bits per heavy atom. The minimum atomic E-state index is -0.565. The van der Waals surface area contributed by atoms with Crippen molar-refractivity contribution in [3.8, 4) is 0 Å². The van der Waals surface area contributed by atoms with E-state index < -0.39 is 11.9 Å². The fourth-order valence-corrected chi connectivity index (χ4v) is 1.58. The Balaban J connectivity index is 2.64. The number of aromatic nitrogens is 1. The average Bonchev–Trinajstić information content (AvgIpc) is 2.35. The lowest BCUT2D eigenvalue weighted by Crippen LogP contribution is -2.35. The molecule has 0 aliphatic heterocycles. The maximum absolute atomic E-state index is 11.4. The molecule has 0 aliphatic carbocycles. The summed E-state index contributed by atoms with van der Waals surface area (Å²) in [5, 5.41) is 6.45. The maximum atomic E-state index is 11.4. The van der Waals surface area contributed by atoms with Crippen LogP contribution in [0.1, 0.15) is 23.6 Å². The van der Waals surface area contributed by atoms with Gasteiger partial charge < -0.3 is 11.1 Å². The van der Waals surface area contributed by atoms with Gasteiger partial charge in [0.05, 0.1) is 0 Å². The molecule has 3 N–H and O–H groups in total. The number of nitrogens with one attached hydrogen (secondary N) is 1. The molecule has 1 amide bonds. The minimum Gasteiger partial charge on any atom is -0.368 e. The second kappa shape index (κ2) is 7.26. The van der Waals surface area contributed by atoms with E-state index in [1.807, 2.05) is 13.0 Å². The summed E-state index contributed by atoms with van der Waals surface area (Å²) in [7, 11) is 0. The lowest BCUT2D eigenvalue weighted by Gasteiger charge is -2.17. The fraction of sp³-hybridized carbons (Fsp3) is 0.455. The van der Waals surface area contributed by atoms with Crippen LogP contribution < -0.4 is 11.1 Å². The van der Waals surface area contributed by atoms with Crippen molar-refractivity contribution in [1.82, 2.24) is 10.3 Å². The van der Waals surface area contributed by atoms with Crippen molar-refractivity contribution < 1.29 is 4.79 Å². The third kappa shape index (κ3) is 4.04. The Labute approximate surface area is 105 Å². The molecule has 0 spiro atoms. The van der Waals surface area contributed by atoms with Gasteiger partial charge in [-0.05, 0) is 42.6 Å². The highest BCUT2D eigenvalue weighted by Crippen LogP contribution is 2.15. The van der Waals surface area contributed by atoms with Crippen molar-refractivity contribution in [2.24, 2.45) is 10.8 Å². The van der Waals surface area contributed by atoms with Crippen LogP contribution in [0.15, 0.2) is 23.6 Å². The third-order valence-electron chi connectivity index (χ3n) is 2.52. The Morgan fingerprint density at radius 1 is 1.72 bits per heavy atom.